The fraction of sp³-hybridized carbons (Fsp3) is 0.0952. The van der Waals surface area contributed by atoms with E-state index in [0.717, 1.165) is 28.3 Å². The predicted molar refractivity (Wildman–Crippen MR) is 284 cm³/mol. The van der Waals surface area contributed by atoms with Crippen LogP contribution in [0.5, 0.6) is 0 Å². The molecule has 5 nitrogen and oxygen atoms in total. The quantitative estimate of drug-likeness (QED) is 0.191. The van der Waals surface area contributed by atoms with Crippen molar-refractivity contribution in [3.05, 3.63) is 240 Å². The van der Waals surface area contributed by atoms with Crippen LogP contribution in [0, 0.1) is 0 Å². The first-order chi connectivity index (χ1) is 33.5. The van der Waals surface area contributed by atoms with E-state index in [9.17, 15) is 0 Å². The Balaban J connectivity index is 0.978. The third-order valence-electron chi connectivity index (χ3n) is 15.7. The van der Waals surface area contributed by atoms with Gasteiger partial charge >= 0.3 is 0 Å². The second-order valence-corrected chi connectivity index (χ2v) is 19.5. The number of amidine groups is 1. The molecule has 0 bridgehead atoms. The Morgan fingerprint density at radius 2 is 1.10 bits per heavy atom. The second kappa shape index (κ2) is 13.8. The molecule has 2 aliphatic carbocycles. The van der Waals surface area contributed by atoms with Crippen molar-refractivity contribution < 1.29 is 0 Å². The van der Waals surface area contributed by atoms with E-state index in [2.05, 4.69) is 246 Å². The van der Waals surface area contributed by atoms with Gasteiger partial charge in [0, 0.05) is 66.5 Å². The Morgan fingerprint density at radius 3 is 1.81 bits per heavy atom. The van der Waals surface area contributed by atoms with E-state index in [-0.39, 0.29) is 23.5 Å². The number of aliphatic imine (C=N–C) groups is 1. The highest BCUT2D eigenvalue weighted by Gasteiger charge is 2.44. The summed E-state index contributed by atoms with van der Waals surface area (Å²) in [6.45, 7) is 4.72. The summed E-state index contributed by atoms with van der Waals surface area (Å²) in [7, 11) is 0. The summed E-state index contributed by atoms with van der Waals surface area (Å²) in [5.41, 5.74) is 18.2. The SMILES string of the molecule is CC1(C)c2ccccc2-c2ccc(C3=NC(N4c5cc(-n6c7ccccc7c7ccccc76)ccc5C5C=CC(n6c7ccccc7c7ccccc76)=C[C@H]54)c4ccc5ccccc5c4N3)cc21. The summed E-state index contributed by atoms with van der Waals surface area (Å²) in [6.07, 6.45) is 6.98. The third kappa shape index (κ3) is 5.13. The van der Waals surface area contributed by atoms with Crippen LogP contribution in [0.1, 0.15) is 53.7 Å². The Kier molecular flexibility index (Phi) is 7.68. The van der Waals surface area contributed by atoms with Gasteiger partial charge in [-0.25, -0.2) is 4.99 Å². The molecule has 0 saturated carbocycles. The Morgan fingerprint density at radius 1 is 0.515 bits per heavy atom. The topological polar surface area (TPSA) is 37.5 Å². The third-order valence-corrected chi connectivity index (χ3v) is 15.7. The number of para-hydroxylation sites is 4. The van der Waals surface area contributed by atoms with Gasteiger partial charge in [-0.3, -0.25) is 0 Å². The van der Waals surface area contributed by atoms with E-state index >= 15 is 0 Å². The molecule has 0 radical (unpaired) electrons. The number of rotatable bonds is 4. The molecule has 4 aliphatic rings. The first-order valence-corrected chi connectivity index (χ1v) is 23.9. The van der Waals surface area contributed by atoms with Crippen LogP contribution in [0.15, 0.2) is 217 Å². The number of hydrogen-bond acceptors (Lipinski definition) is 3. The Labute approximate surface area is 394 Å². The zero-order valence-electron chi connectivity index (χ0n) is 37.7. The minimum atomic E-state index is -0.353. The lowest BCUT2D eigenvalue weighted by Gasteiger charge is -2.38. The summed E-state index contributed by atoms with van der Waals surface area (Å²) in [5, 5.41) is 11.4. The summed E-state index contributed by atoms with van der Waals surface area (Å²) in [5.74, 6) is 0.987. The van der Waals surface area contributed by atoms with Gasteiger partial charge < -0.3 is 19.4 Å². The molecule has 2 aromatic heterocycles. The van der Waals surface area contributed by atoms with Crippen molar-refractivity contribution in [3.8, 4) is 16.8 Å². The highest BCUT2D eigenvalue weighted by atomic mass is 15.3. The van der Waals surface area contributed by atoms with Gasteiger partial charge in [0.2, 0.25) is 0 Å². The first-order valence-electron chi connectivity index (χ1n) is 23.9. The summed E-state index contributed by atoms with van der Waals surface area (Å²) in [6, 6.07) is 71.7. The van der Waals surface area contributed by atoms with E-state index in [1.807, 2.05) is 0 Å². The minimum Gasteiger partial charge on any atom is -0.339 e. The number of allylic oxidation sites excluding steroid dienone is 2. The van der Waals surface area contributed by atoms with Crippen molar-refractivity contribution in [2.75, 3.05) is 10.2 Å². The monoisotopic (exact) mass is 871 g/mol. The average molecular weight is 872 g/mol. The molecule has 322 valence electrons. The van der Waals surface area contributed by atoms with Crippen LogP contribution in [0.2, 0.25) is 0 Å². The standard InChI is InChI=1S/C63H45N5/c1-63(2)52-22-10-5-17-43(52)44-31-28-39(35-53(44)63)61-64-60-42-16-4-3-15-38(42)27-32-51(60)62(65-61)68-58-36-40(66-54-23-11-6-18-45(54)46-19-7-12-24-55(46)66)29-33-49(58)50-34-30-41(37-59(50)68)67-56-25-13-8-20-47(56)48-21-9-14-26-57(48)67/h3-37,49,58,62H,1-2H3,(H,64,65)/t49?,58-,62?/m1/s1. The number of anilines is 2. The van der Waals surface area contributed by atoms with Gasteiger partial charge in [0.1, 0.15) is 5.84 Å². The molecule has 0 saturated heterocycles. The van der Waals surface area contributed by atoms with Crippen molar-refractivity contribution in [1.29, 1.82) is 0 Å². The average Bonchev–Trinajstić information content (AvgIpc) is 4.08. The van der Waals surface area contributed by atoms with Gasteiger partial charge in [0.25, 0.3) is 0 Å². The molecule has 2 aliphatic heterocycles. The number of nitrogens with zero attached hydrogens (tertiary/aromatic N) is 4. The maximum atomic E-state index is 5.94. The van der Waals surface area contributed by atoms with Gasteiger partial charge in [-0.05, 0) is 87.8 Å². The molecular formula is C63H45N5. The fourth-order valence-corrected chi connectivity index (χ4v) is 12.6. The van der Waals surface area contributed by atoms with E-state index < -0.39 is 0 Å². The van der Waals surface area contributed by atoms with Gasteiger partial charge in [-0.2, -0.15) is 0 Å². The van der Waals surface area contributed by atoms with E-state index in [1.165, 1.54) is 93.6 Å². The van der Waals surface area contributed by atoms with E-state index in [4.69, 9.17) is 4.99 Å². The maximum absolute atomic E-state index is 5.94. The van der Waals surface area contributed by atoms with Crippen molar-refractivity contribution in [3.63, 3.8) is 0 Å². The van der Waals surface area contributed by atoms with Crippen LogP contribution >= 0.6 is 0 Å². The second-order valence-electron chi connectivity index (χ2n) is 19.5. The van der Waals surface area contributed by atoms with Crippen molar-refractivity contribution in [2.45, 2.75) is 37.4 Å². The van der Waals surface area contributed by atoms with Crippen LogP contribution in [-0.2, 0) is 5.41 Å². The first kappa shape index (κ1) is 37.8. The molecule has 2 unspecified atom stereocenters. The molecule has 1 N–H and O–H groups in total. The van der Waals surface area contributed by atoms with Gasteiger partial charge in [-0.1, -0.05) is 172 Å². The van der Waals surface area contributed by atoms with Crippen molar-refractivity contribution in [1.82, 2.24) is 9.13 Å². The van der Waals surface area contributed by atoms with Gasteiger partial charge in [-0.15, -0.1) is 0 Å². The molecule has 0 fully saturated rings. The van der Waals surface area contributed by atoms with Crippen molar-refractivity contribution in [2.24, 2.45) is 4.99 Å². The molecule has 3 atom stereocenters. The lowest BCUT2D eigenvalue weighted by Crippen LogP contribution is -2.39. The summed E-state index contributed by atoms with van der Waals surface area (Å²) in [4.78, 5) is 8.59. The lowest BCUT2D eigenvalue weighted by atomic mass is 9.82. The highest BCUT2D eigenvalue weighted by Crippen LogP contribution is 2.54. The molecule has 11 aromatic rings. The van der Waals surface area contributed by atoms with Gasteiger partial charge in [0.15, 0.2) is 6.17 Å². The maximum Gasteiger partial charge on any atom is 0.152 e. The Bertz CT molecular complexity index is 3970. The molecule has 5 heteroatoms. The number of nitrogens with one attached hydrogen (secondary N) is 1. The molecule has 0 spiro atoms. The molecular weight excluding hydrogens is 827 g/mol. The van der Waals surface area contributed by atoms with Crippen LogP contribution < -0.4 is 10.2 Å². The molecule has 4 heterocycles. The number of fused-ring (bicyclic) bond motifs is 15. The highest BCUT2D eigenvalue weighted by molar-refractivity contribution is 6.15. The van der Waals surface area contributed by atoms with Crippen molar-refractivity contribution >= 4 is 77.3 Å². The Hall–Kier alpha value is -8.41. The van der Waals surface area contributed by atoms with Crippen LogP contribution in [0.3, 0.4) is 0 Å². The number of aromatic nitrogens is 2. The molecule has 0 amide bonds. The zero-order chi connectivity index (χ0) is 44.8. The van der Waals surface area contributed by atoms with Crippen LogP contribution in [-0.4, -0.2) is 21.0 Å². The molecule has 68 heavy (non-hydrogen) atoms. The fourth-order valence-electron chi connectivity index (χ4n) is 12.6. The van der Waals surface area contributed by atoms with Crippen LogP contribution in [0.4, 0.5) is 11.4 Å². The smallest absolute Gasteiger partial charge is 0.152 e. The minimum absolute atomic E-state index is 0.0424. The number of hydrogen-bond donors (Lipinski definition) is 1. The van der Waals surface area contributed by atoms with E-state index in [1.54, 1.807) is 0 Å². The molecule has 15 rings (SSSR count). The van der Waals surface area contributed by atoms with Crippen LogP contribution in [0.25, 0.3) is 76.9 Å². The summed E-state index contributed by atoms with van der Waals surface area (Å²) < 4.78 is 4.91. The predicted octanol–water partition coefficient (Wildman–Crippen LogP) is 15.3. The number of benzene rings is 9. The largest absolute Gasteiger partial charge is 0.339 e. The molecule has 9 aromatic carbocycles. The normalized spacial score (nSPS) is 18.6. The van der Waals surface area contributed by atoms with E-state index in [0.29, 0.717) is 0 Å². The summed E-state index contributed by atoms with van der Waals surface area (Å²) >= 11 is 0. The van der Waals surface area contributed by atoms with Gasteiger partial charge in [0.05, 0.1) is 33.8 Å². The zero-order valence-corrected chi connectivity index (χ0v) is 37.7. The lowest BCUT2D eigenvalue weighted by molar-refractivity contribution is 0.584.